The molecule has 21 heavy (non-hydrogen) atoms. The summed E-state index contributed by atoms with van der Waals surface area (Å²) in [4.78, 5) is 14.5. The Bertz CT molecular complexity index is 497. The number of likely N-dealkylation sites (N-methyl/N-ethyl adjacent to an activating group) is 1. The molecule has 2 aliphatic rings. The molecule has 3 rings (SSSR count). The van der Waals surface area contributed by atoms with E-state index in [0.29, 0.717) is 12.6 Å². The zero-order valence-corrected chi connectivity index (χ0v) is 12.7. The van der Waals surface area contributed by atoms with Gasteiger partial charge in [0, 0.05) is 19.6 Å². The van der Waals surface area contributed by atoms with Gasteiger partial charge >= 0.3 is 0 Å². The molecule has 1 amide bonds. The van der Waals surface area contributed by atoms with Crippen molar-refractivity contribution in [2.24, 2.45) is 5.92 Å². The molecule has 2 aliphatic heterocycles. The molecule has 0 radical (unpaired) electrons. The van der Waals surface area contributed by atoms with Crippen molar-refractivity contribution in [3.05, 3.63) is 29.8 Å². The number of benzene rings is 1. The van der Waals surface area contributed by atoms with Crippen LogP contribution in [-0.2, 0) is 11.2 Å². The van der Waals surface area contributed by atoms with Crippen molar-refractivity contribution < 1.29 is 9.53 Å². The van der Waals surface area contributed by atoms with Gasteiger partial charge in [-0.15, -0.1) is 0 Å². The van der Waals surface area contributed by atoms with Crippen LogP contribution in [0.3, 0.4) is 0 Å². The third kappa shape index (κ3) is 3.38. The smallest absolute Gasteiger partial charge is 0.229 e. The van der Waals surface area contributed by atoms with Gasteiger partial charge in [-0.25, -0.2) is 0 Å². The van der Waals surface area contributed by atoms with Crippen LogP contribution in [0.1, 0.15) is 24.8 Å². The summed E-state index contributed by atoms with van der Waals surface area (Å²) in [6.07, 6.45) is 4.47. The molecule has 1 saturated heterocycles. The first-order chi connectivity index (χ1) is 10.2. The van der Waals surface area contributed by atoms with Crippen LogP contribution in [0.2, 0.25) is 0 Å². The quantitative estimate of drug-likeness (QED) is 0.923. The predicted molar refractivity (Wildman–Crippen MR) is 82.4 cm³/mol. The number of fused-ring (bicyclic) bond motifs is 1. The van der Waals surface area contributed by atoms with E-state index in [1.807, 2.05) is 30.1 Å². The van der Waals surface area contributed by atoms with E-state index in [9.17, 15) is 4.79 Å². The highest BCUT2D eigenvalue weighted by atomic mass is 16.5. The van der Waals surface area contributed by atoms with Crippen LogP contribution >= 0.6 is 0 Å². The van der Waals surface area contributed by atoms with Crippen molar-refractivity contribution in [3.63, 3.8) is 0 Å². The topological polar surface area (TPSA) is 41.6 Å². The van der Waals surface area contributed by atoms with Crippen LogP contribution in [0, 0.1) is 5.92 Å². The maximum Gasteiger partial charge on any atom is 0.229 e. The lowest BCUT2D eigenvalue weighted by Crippen LogP contribution is -2.47. The molecule has 0 bridgehead atoms. The molecule has 1 aromatic rings. The molecule has 0 aromatic heterocycles. The Hall–Kier alpha value is -1.55. The van der Waals surface area contributed by atoms with E-state index in [4.69, 9.17) is 4.74 Å². The zero-order valence-electron chi connectivity index (χ0n) is 12.7. The van der Waals surface area contributed by atoms with E-state index in [1.165, 1.54) is 19.3 Å². The van der Waals surface area contributed by atoms with Gasteiger partial charge in [-0.3, -0.25) is 4.79 Å². The van der Waals surface area contributed by atoms with Crippen molar-refractivity contribution >= 4 is 5.91 Å². The maximum absolute atomic E-state index is 12.6. The molecule has 1 aromatic carbocycles. The molecule has 1 N–H and O–H groups in total. The van der Waals surface area contributed by atoms with Gasteiger partial charge in [0.2, 0.25) is 5.91 Å². The Morgan fingerprint density at radius 1 is 1.38 bits per heavy atom. The molecule has 2 heterocycles. The molecular formula is C17H24N2O2. The number of amides is 1. The maximum atomic E-state index is 12.6. The second-order valence-electron chi connectivity index (χ2n) is 6.19. The summed E-state index contributed by atoms with van der Waals surface area (Å²) in [6, 6.07) is 8.46. The molecule has 4 nitrogen and oxygen atoms in total. The van der Waals surface area contributed by atoms with Gasteiger partial charge in [0.25, 0.3) is 0 Å². The molecule has 2 unspecified atom stereocenters. The van der Waals surface area contributed by atoms with Gasteiger partial charge in [0.05, 0.1) is 5.92 Å². The van der Waals surface area contributed by atoms with Gasteiger partial charge in [0.1, 0.15) is 12.4 Å². The number of nitrogens with one attached hydrogen (secondary N) is 1. The second kappa shape index (κ2) is 6.48. The summed E-state index contributed by atoms with van der Waals surface area (Å²) < 4.78 is 5.73. The molecule has 0 aliphatic carbocycles. The monoisotopic (exact) mass is 288 g/mol. The van der Waals surface area contributed by atoms with Gasteiger partial charge in [-0.1, -0.05) is 24.6 Å². The summed E-state index contributed by atoms with van der Waals surface area (Å²) in [7, 11) is 1.92. The van der Waals surface area contributed by atoms with Crippen molar-refractivity contribution in [2.45, 2.75) is 31.7 Å². The Balaban J connectivity index is 1.58. The van der Waals surface area contributed by atoms with Crippen LogP contribution in [0.25, 0.3) is 0 Å². The Morgan fingerprint density at radius 2 is 2.24 bits per heavy atom. The van der Waals surface area contributed by atoms with E-state index >= 15 is 0 Å². The van der Waals surface area contributed by atoms with Crippen LogP contribution in [0.4, 0.5) is 0 Å². The van der Waals surface area contributed by atoms with Crippen LogP contribution in [0.15, 0.2) is 24.3 Å². The summed E-state index contributed by atoms with van der Waals surface area (Å²) in [5.41, 5.74) is 1.14. The third-order valence-electron chi connectivity index (χ3n) is 4.51. The SMILES string of the molecule is CN(CC1CCCCN1)C(=O)C1COc2ccccc2C1. The number of hydrogen-bond donors (Lipinski definition) is 1. The first kappa shape index (κ1) is 14.4. The van der Waals surface area contributed by atoms with Gasteiger partial charge in [0.15, 0.2) is 0 Å². The first-order valence-electron chi connectivity index (χ1n) is 7.93. The average Bonchev–Trinajstić information content (AvgIpc) is 2.54. The van der Waals surface area contributed by atoms with Crippen LogP contribution in [-0.4, -0.2) is 43.6 Å². The number of carbonyl (C=O) groups is 1. The number of hydrogen-bond acceptors (Lipinski definition) is 3. The van der Waals surface area contributed by atoms with E-state index in [2.05, 4.69) is 11.4 Å². The normalized spacial score (nSPS) is 24.8. The van der Waals surface area contributed by atoms with E-state index in [0.717, 1.165) is 30.8 Å². The van der Waals surface area contributed by atoms with Crippen molar-refractivity contribution in [1.82, 2.24) is 10.2 Å². The Labute approximate surface area is 126 Å². The molecule has 4 heteroatoms. The number of carbonyl (C=O) groups excluding carboxylic acids is 1. The number of nitrogens with zero attached hydrogens (tertiary/aromatic N) is 1. The predicted octanol–water partition coefficient (Wildman–Crippen LogP) is 1.84. The molecule has 114 valence electrons. The fourth-order valence-electron chi connectivity index (χ4n) is 3.30. The largest absolute Gasteiger partial charge is 0.492 e. The highest BCUT2D eigenvalue weighted by Gasteiger charge is 2.29. The Morgan fingerprint density at radius 3 is 3.05 bits per heavy atom. The van der Waals surface area contributed by atoms with Gasteiger partial charge < -0.3 is 15.0 Å². The molecule has 0 spiro atoms. The standard InChI is InChI=1S/C17H24N2O2/c1-19(11-15-7-4-5-9-18-15)17(20)14-10-13-6-2-3-8-16(13)21-12-14/h2-3,6,8,14-15,18H,4-5,7,9-12H2,1H3. The first-order valence-corrected chi connectivity index (χ1v) is 7.93. The molecule has 0 saturated carbocycles. The number of piperidine rings is 1. The van der Waals surface area contributed by atoms with Crippen molar-refractivity contribution in [3.8, 4) is 5.75 Å². The minimum atomic E-state index is -0.0477. The summed E-state index contributed by atoms with van der Waals surface area (Å²) >= 11 is 0. The lowest BCUT2D eigenvalue weighted by Gasteiger charge is -2.32. The fourth-order valence-corrected chi connectivity index (χ4v) is 3.30. The minimum absolute atomic E-state index is 0.0477. The number of rotatable bonds is 3. The van der Waals surface area contributed by atoms with Gasteiger partial charge in [-0.2, -0.15) is 0 Å². The second-order valence-corrected chi connectivity index (χ2v) is 6.19. The van der Waals surface area contributed by atoms with Crippen LogP contribution in [0.5, 0.6) is 5.75 Å². The lowest BCUT2D eigenvalue weighted by molar-refractivity contribution is -0.136. The van der Waals surface area contributed by atoms with Crippen LogP contribution < -0.4 is 10.1 Å². The third-order valence-corrected chi connectivity index (χ3v) is 4.51. The summed E-state index contributed by atoms with van der Waals surface area (Å²) in [5, 5.41) is 3.50. The Kier molecular flexibility index (Phi) is 4.44. The highest BCUT2D eigenvalue weighted by Crippen LogP contribution is 2.27. The molecule has 1 fully saturated rings. The average molecular weight is 288 g/mol. The van der Waals surface area contributed by atoms with Gasteiger partial charge in [-0.05, 0) is 37.4 Å². The highest BCUT2D eigenvalue weighted by molar-refractivity contribution is 5.79. The number of ether oxygens (including phenoxy) is 1. The zero-order chi connectivity index (χ0) is 14.7. The summed E-state index contributed by atoms with van der Waals surface area (Å²) in [5.74, 6) is 1.09. The van der Waals surface area contributed by atoms with Crippen molar-refractivity contribution in [2.75, 3.05) is 26.7 Å². The van der Waals surface area contributed by atoms with E-state index in [-0.39, 0.29) is 11.8 Å². The molecule has 2 atom stereocenters. The molecular weight excluding hydrogens is 264 g/mol. The minimum Gasteiger partial charge on any atom is -0.492 e. The summed E-state index contributed by atoms with van der Waals surface area (Å²) in [6.45, 7) is 2.38. The lowest BCUT2D eigenvalue weighted by atomic mass is 9.95. The van der Waals surface area contributed by atoms with E-state index in [1.54, 1.807) is 0 Å². The fraction of sp³-hybridized carbons (Fsp3) is 0.588. The van der Waals surface area contributed by atoms with E-state index < -0.39 is 0 Å². The number of para-hydroxylation sites is 1. The van der Waals surface area contributed by atoms with Crippen molar-refractivity contribution in [1.29, 1.82) is 0 Å².